The number of carbonyl (C=O) groups excluding carboxylic acids is 1. The van der Waals surface area contributed by atoms with E-state index >= 15 is 0 Å². The second-order valence-electron chi connectivity index (χ2n) is 4.71. The molecular weight excluding hydrogens is 226 g/mol. The Kier molecular flexibility index (Phi) is 4.20. The van der Waals surface area contributed by atoms with Crippen molar-refractivity contribution >= 4 is 11.6 Å². The molecule has 98 valence electrons. The van der Waals surface area contributed by atoms with Crippen molar-refractivity contribution in [2.24, 2.45) is 0 Å². The highest BCUT2D eigenvalue weighted by Gasteiger charge is 2.17. The number of hydrogen-bond donors (Lipinski definition) is 2. The van der Waals surface area contributed by atoms with Gasteiger partial charge in [0.1, 0.15) is 0 Å². The maximum absolute atomic E-state index is 11.4. The Hall–Kier alpha value is -1.55. The lowest BCUT2D eigenvalue weighted by atomic mass is 9.98. The van der Waals surface area contributed by atoms with E-state index in [0.29, 0.717) is 13.0 Å². The van der Waals surface area contributed by atoms with Crippen LogP contribution in [0.3, 0.4) is 0 Å². The predicted octanol–water partition coefficient (Wildman–Crippen LogP) is 1.15. The predicted molar refractivity (Wildman–Crippen MR) is 73.1 cm³/mol. The van der Waals surface area contributed by atoms with Crippen LogP contribution in [0.1, 0.15) is 24.5 Å². The van der Waals surface area contributed by atoms with E-state index in [1.165, 1.54) is 11.1 Å². The van der Waals surface area contributed by atoms with Crippen molar-refractivity contribution < 1.29 is 4.79 Å². The minimum atomic E-state index is 0.135. The largest absolute Gasteiger partial charge is 0.398 e. The van der Waals surface area contributed by atoms with Crippen LogP contribution in [0, 0.1) is 0 Å². The molecule has 1 aromatic rings. The van der Waals surface area contributed by atoms with Gasteiger partial charge in [0.25, 0.3) is 0 Å². The van der Waals surface area contributed by atoms with E-state index in [2.05, 4.69) is 16.3 Å². The first kappa shape index (κ1) is 12.9. The molecule has 0 aromatic heterocycles. The van der Waals surface area contributed by atoms with Crippen molar-refractivity contribution in [3.63, 3.8) is 0 Å². The highest BCUT2D eigenvalue weighted by Crippen LogP contribution is 2.23. The molecule has 2 rings (SSSR count). The van der Waals surface area contributed by atoms with E-state index in [1.54, 1.807) is 0 Å². The van der Waals surface area contributed by atoms with Crippen LogP contribution in [0.15, 0.2) is 18.2 Å². The molecule has 18 heavy (non-hydrogen) atoms. The standard InChI is InChI=1S/C14H21N3O/c1-2-16-14(18)7-9-17-8-6-12-11(10-17)4-3-5-13(12)15/h3-5H,2,6-10,15H2,1H3,(H,16,18). The van der Waals surface area contributed by atoms with Gasteiger partial charge in [-0.15, -0.1) is 0 Å². The van der Waals surface area contributed by atoms with Crippen molar-refractivity contribution in [3.8, 4) is 0 Å². The Labute approximate surface area is 108 Å². The fraction of sp³-hybridized carbons (Fsp3) is 0.500. The maximum atomic E-state index is 11.4. The Morgan fingerprint density at radius 1 is 1.50 bits per heavy atom. The first-order chi connectivity index (χ1) is 8.70. The molecule has 0 unspecified atom stereocenters. The molecule has 0 bridgehead atoms. The number of nitrogens with zero attached hydrogens (tertiary/aromatic N) is 1. The minimum Gasteiger partial charge on any atom is -0.398 e. The molecule has 1 aliphatic heterocycles. The number of nitrogens with one attached hydrogen (secondary N) is 1. The SMILES string of the molecule is CCNC(=O)CCN1CCc2c(N)cccc2C1. The van der Waals surface area contributed by atoms with Gasteiger partial charge < -0.3 is 11.1 Å². The van der Waals surface area contributed by atoms with Crippen LogP contribution < -0.4 is 11.1 Å². The summed E-state index contributed by atoms with van der Waals surface area (Å²) in [4.78, 5) is 13.7. The number of anilines is 1. The summed E-state index contributed by atoms with van der Waals surface area (Å²) in [6.45, 7) is 5.36. The van der Waals surface area contributed by atoms with Crippen molar-refractivity contribution in [1.29, 1.82) is 0 Å². The van der Waals surface area contributed by atoms with Crippen molar-refractivity contribution in [1.82, 2.24) is 10.2 Å². The molecule has 1 heterocycles. The third kappa shape index (κ3) is 3.01. The van der Waals surface area contributed by atoms with E-state index in [1.807, 2.05) is 19.1 Å². The Bertz CT molecular complexity index is 431. The van der Waals surface area contributed by atoms with E-state index < -0.39 is 0 Å². The molecule has 0 radical (unpaired) electrons. The molecule has 4 heteroatoms. The summed E-state index contributed by atoms with van der Waals surface area (Å²) in [7, 11) is 0. The topological polar surface area (TPSA) is 58.4 Å². The molecule has 0 saturated heterocycles. The number of amides is 1. The zero-order valence-electron chi connectivity index (χ0n) is 10.9. The molecule has 0 fully saturated rings. The number of nitrogen functional groups attached to an aromatic ring is 1. The zero-order chi connectivity index (χ0) is 13.0. The van der Waals surface area contributed by atoms with Crippen LogP contribution in [0.2, 0.25) is 0 Å². The number of hydrogen-bond acceptors (Lipinski definition) is 3. The lowest BCUT2D eigenvalue weighted by Crippen LogP contribution is -2.34. The molecule has 3 N–H and O–H groups in total. The zero-order valence-corrected chi connectivity index (χ0v) is 10.9. The molecule has 1 amide bonds. The van der Waals surface area contributed by atoms with Crippen LogP contribution in [0.4, 0.5) is 5.69 Å². The summed E-state index contributed by atoms with van der Waals surface area (Å²) in [5, 5.41) is 2.83. The number of rotatable bonds is 4. The normalized spacial score (nSPS) is 15.2. The Morgan fingerprint density at radius 2 is 2.33 bits per heavy atom. The number of carbonyl (C=O) groups is 1. The number of benzene rings is 1. The van der Waals surface area contributed by atoms with Crippen LogP contribution >= 0.6 is 0 Å². The maximum Gasteiger partial charge on any atom is 0.221 e. The number of nitrogens with two attached hydrogens (primary N) is 1. The van der Waals surface area contributed by atoms with Crippen LogP contribution in [-0.2, 0) is 17.8 Å². The average molecular weight is 247 g/mol. The van der Waals surface area contributed by atoms with Crippen molar-refractivity contribution in [2.45, 2.75) is 26.3 Å². The summed E-state index contributed by atoms with van der Waals surface area (Å²) < 4.78 is 0. The van der Waals surface area contributed by atoms with Gasteiger partial charge in [-0.05, 0) is 30.5 Å². The first-order valence-corrected chi connectivity index (χ1v) is 6.56. The van der Waals surface area contributed by atoms with Gasteiger partial charge in [0.05, 0.1) is 0 Å². The van der Waals surface area contributed by atoms with Gasteiger partial charge >= 0.3 is 0 Å². The van der Waals surface area contributed by atoms with Gasteiger partial charge in [-0.2, -0.15) is 0 Å². The molecule has 4 nitrogen and oxygen atoms in total. The van der Waals surface area contributed by atoms with E-state index in [4.69, 9.17) is 5.73 Å². The van der Waals surface area contributed by atoms with Crippen molar-refractivity contribution in [2.75, 3.05) is 25.4 Å². The lowest BCUT2D eigenvalue weighted by molar-refractivity contribution is -0.121. The second-order valence-corrected chi connectivity index (χ2v) is 4.71. The quantitative estimate of drug-likeness (QED) is 0.785. The van der Waals surface area contributed by atoms with Crippen LogP contribution in [-0.4, -0.2) is 30.4 Å². The van der Waals surface area contributed by atoms with Gasteiger partial charge in [-0.25, -0.2) is 0 Å². The Morgan fingerprint density at radius 3 is 3.11 bits per heavy atom. The van der Waals surface area contributed by atoms with Gasteiger partial charge in [0, 0.05) is 38.3 Å². The smallest absolute Gasteiger partial charge is 0.221 e. The number of fused-ring (bicyclic) bond motifs is 1. The molecule has 0 atom stereocenters. The van der Waals surface area contributed by atoms with Gasteiger partial charge in [-0.1, -0.05) is 12.1 Å². The summed E-state index contributed by atoms with van der Waals surface area (Å²) in [5.74, 6) is 0.135. The third-order valence-electron chi connectivity index (χ3n) is 3.41. The third-order valence-corrected chi connectivity index (χ3v) is 3.41. The Balaban J connectivity index is 1.90. The van der Waals surface area contributed by atoms with Gasteiger partial charge in [-0.3, -0.25) is 9.69 Å². The minimum absolute atomic E-state index is 0.135. The fourth-order valence-corrected chi connectivity index (χ4v) is 2.43. The van der Waals surface area contributed by atoms with Gasteiger partial charge in [0.15, 0.2) is 0 Å². The summed E-state index contributed by atoms with van der Waals surface area (Å²) >= 11 is 0. The summed E-state index contributed by atoms with van der Waals surface area (Å²) in [6.07, 6.45) is 1.56. The van der Waals surface area contributed by atoms with Crippen LogP contribution in [0.25, 0.3) is 0 Å². The molecule has 0 spiro atoms. The molecule has 0 aliphatic carbocycles. The van der Waals surface area contributed by atoms with Gasteiger partial charge in [0.2, 0.25) is 5.91 Å². The average Bonchev–Trinajstić information content (AvgIpc) is 2.37. The molecule has 1 aliphatic rings. The highest BCUT2D eigenvalue weighted by molar-refractivity contribution is 5.75. The fourth-order valence-electron chi connectivity index (χ4n) is 2.43. The first-order valence-electron chi connectivity index (χ1n) is 6.56. The monoisotopic (exact) mass is 247 g/mol. The molecule has 1 aromatic carbocycles. The second kappa shape index (κ2) is 5.87. The molecule has 0 saturated carbocycles. The van der Waals surface area contributed by atoms with Crippen molar-refractivity contribution in [3.05, 3.63) is 29.3 Å². The van der Waals surface area contributed by atoms with E-state index in [-0.39, 0.29) is 5.91 Å². The van der Waals surface area contributed by atoms with Crippen LogP contribution in [0.5, 0.6) is 0 Å². The van der Waals surface area contributed by atoms with E-state index in [0.717, 1.165) is 31.7 Å². The lowest BCUT2D eigenvalue weighted by Gasteiger charge is -2.29. The highest BCUT2D eigenvalue weighted by atomic mass is 16.1. The molecular formula is C14H21N3O. The summed E-state index contributed by atoms with van der Waals surface area (Å²) in [5.41, 5.74) is 9.45. The summed E-state index contributed by atoms with van der Waals surface area (Å²) in [6, 6.07) is 6.09. The van der Waals surface area contributed by atoms with E-state index in [9.17, 15) is 4.79 Å².